The van der Waals surface area contributed by atoms with Crippen LogP contribution in [-0.4, -0.2) is 22.5 Å². The number of nitrogens with one attached hydrogen (secondary N) is 1. The molecule has 5 nitrogen and oxygen atoms in total. The van der Waals surface area contributed by atoms with Crippen LogP contribution in [0.25, 0.3) is 0 Å². The van der Waals surface area contributed by atoms with Crippen LogP contribution in [0.15, 0.2) is 0 Å². The summed E-state index contributed by atoms with van der Waals surface area (Å²) < 4.78 is 5.20. The van der Waals surface area contributed by atoms with Crippen molar-refractivity contribution < 1.29 is 14.3 Å². The van der Waals surface area contributed by atoms with Crippen LogP contribution in [0.1, 0.15) is 50.1 Å². The summed E-state index contributed by atoms with van der Waals surface area (Å²) in [5.74, 6) is -0.932. The Morgan fingerprint density at radius 1 is 1.33 bits per heavy atom. The maximum Gasteiger partial charge on any atom is 0.307 e. The van der Waals surface area contributed by atoms with Crippen molar-refractivity contribution in [3.05, 3.63) is 10.6 Å². The number of ether oxygens (including phenoxy) is 1. The van der Waals surface area contributed by atoms with Gasteiger partial charge in [0, 0.05) is 4.88 Å². The maximum atomic E-state index is 12.4. The van der Waals surface area contributed by atoms with Crippen LogP contribution in [-0.2, 0) is 27.2 Å². The summed E-state index contributed by atoms with van der Waals surface area (Å²) in [4.78, 5) is 29.6. The average molecular weight is 308 g/mol. The summed E-state index contributed by atoms with van der Waals surface area (Å²) in [6, 6.07) is 0. The van der Waals surface area contributed by atoms with Gasteiger partial charge < -0.3 is 10.1 Å². The van der Waals surface area contributed by atoms with Crippen LogP contribution in [0.5, 0.6) is 0 Å². The topological polar surface area (TPSA) is 68.3 Å². The number of rotatable bonds is 2. The molecule has 1 aromatic heterocycles. The molecule has 3 rings (SSSR count). The van der Waals surface area contributed by atoms with Crippen molar-refractivity contribution in [3.63, 3.8) is 0 Å². The van der Waals surface area contributed by atoms with Crippen molar-refractivity contribution in [1.29, 1.82) is 0 Å². The van der Waals surface area contributed by atoms with Crippen molar-refractivity contribution in [2.75, 3.05) is 5.32 Å². The molecular weight excluding hydrogens is 288 g/mol. The average Bonchev–Trinajstić information content (AvgIpc) is 2.81. The van der Waals surface area contributed by atoms with Crippen LogP contribution in [0.2, 0.25) is 0 Å². The Kier molecular flexibility index (Phi) is 3.73. The minimum Gasteiger partial charge on any atom is -0.459 e. The van der Waals surface area contributed by atoms with Crippen LogP contribution in [0, 0.1) is 5.92 Å². The number of carbonyl (C=O) groups is 2. The fourth-order valence-corrected chi connectivity index (χ4v) is 4.05. The quantitative estimate of drug-likeness (QED) is 0.674. The SMILES string of the molecule is CC1(C)OC(=O)CC1C(=O)Nc1nc2c(s1)CCCCC2. The molecule has 1 saturated heterocycles. The predicted molar refractivity (Wildman–Crippen MR) is 80.3 cm³/mol. The summed E-state index contributed by atoms with van der Waals surface area (Å²) >= 11 is 1.57. The molecule has 6 heteroatoms. The second-order valence-electron chi connectivity index (χ2n) is 6.27. The summed E-state index contributed by atoms with van der Waals surface area (Å²) in [6.45, 7) is 3.55. The third-order valence-corrected chi connectivity index (χ3v) is 5.30. The van der Waals surface area contributed by atoms with Gasteiger partial charge in [-0.25, -0.2) is 4.98 Å². The lowest BCUT2D eigenvalue weighted by atomic mass is 9.90. The first kappa shape index (κ1) is 14.5. The van der Waals surface area contributed by atoms with E-state index in [4.69, 9.17) is 4.74 Å². The lowest BCUT2D eigenvalue weighted by Crippen LogP contribution is -2.36. The first-order chi connectivity index (χ1) is 9.95. The second-order valence-corrected chi connectivity index (χ2v) is 7.36. The van der Waals surface area contributed by atoms with E-state index in [0.717, 1.165) is 18.5 Å². The molecule has 2 aliphatic rings. The molecular formula is C15H20N2O3S. The lowest BCUT2D eigenvalue weighted by Gasteiger charge is -2.23. The van der Waals surface area contributed by atoms with Crippen LogP contribution in [0.3, 0.4) is 0 Å². The highest BCUT2D eigenvalue weighted by atomic mass is 32.1. The van der Waals surface area contributed by atoms with E-state index < -0.39 is 11.5 Å². The third kappa shape index (κ3) is 2.95. The molecule has 1 fully saturated rings. The number of thiazole rings is 1. The number of anilines is 1. The van der Waals surface area contributed by atoms with Gasteiger partial charge in [0.05, 0.1) is 18.0 Å². The van der Waals surface area contributed by atoms with Gasteiger partial charge >= 0.3 is 5.97 Å². The Labute approximate surface area is 128 Å². The Hall–Kier alpha value is -1.43. The number of cyclic esters (lactones) is 1. The van der Waals surface area contributed by atoms with Crippen LogP contribution in [0.4, 0.5) is 5.13 Å². The smallest absolute Gasteiger partial charge is 0.307 e. The van der Waals surface area contributed by atoms with Crippen LogP contribution >= 0.6 is 11.3 Å². The molecule has 0 spiro atoms. The zero-order valence-electron chi connectivity index (χ0n) is 12.4. The molecule has 21 heavy (non-hydrogen) atoms. The summed E-state index contributed by atoms with van der Waals surface area (Å²) in [5, 5.41) is 3.53. The zero-order valence-corrected chi connectivity index (χ0v) is 13.2. The van der Waals surface area contributed by atoms with Crippen molar-refractivity contribution in [2.45, 2.75) is 58.0 Å². The number of esters is 1. The fraction of sp³-hybridized carbons (Fsp3) is 0.667. The van der Waals surface area contributed by atoms with Gasteiger partial charge in [-0.1, -0.05) is 6.42 Å². The fourth-order valence-electron chi connectivity index (χ4n) is 3.00. The van der Waals surface area contributed by atoms with Crippen molar-refractivity contribution in [3.8, 4) is 0 Å². The molecule has 0 radical (unpaired) electrons. The van der Waals surface area contributed by atoms with Crippen molar-refractivity contribution in [2.24, 2.45) is 5.92 Å². The molecule has 0 aromatic carbocycles. The molecule has 1 atom stereocenters. The van der Waals surface area contributed by atoms with E-state index >= 15 is 0 Å². The van der Waals surface area contributed by atoms with E-state index in [1.807, 2.05) is 0 Å². The monoisotopic (exact) mass is 308 g/mol. The summed E-state index contributed by atoms with van der Waals surface area (Å²) in [7, 11) is 0. The highest BCUT2D eigenvalue weighted by Crippen LogP contribution is 2.34. The van der Waals surface area contributed by atoms with Gasteiger partial charge in [0.25, 0.3) is 0 Å². The largest absolute Gasteiger partial charge is 0.459 e. The minimum absolute atomic E-state index is 0.143. The van der Waals surface area contributed by atoms with E-state index in [2.05, 4.69) is 10.3 Å². The number of fused-ring (bicyclic) bond motifs is 1. The van der Waals surface area contributed by atoms with E-state index in [9.17, 15) is 9.59 Å². The van der Waals surface area contributed by atoms with E-state index in [0.29, 0.717) is 5.13 Å². The van der Waals surface area contributed by atoms with Gasteiger partial charge in [-0.3, -0.25) is 9.59 Å². The Morgan fingerprint density at radius 3 is 2.81 bits per heavy atom. The number of hydrogen-bond acceptors (Lipinski definition) is 5. The molecule has 1 aliphatic heterocycles. The summed E-state index contributed by atoms with van der Waals surface area (Å²) in [5.41, 5.74) is 0.390. The molecule has 114 valence electrons. The van der Waals surface area contributed by atoms with Gasteiger partial charge in [-0.15, -0.1) is 11.3 Å². The summed E-state index contributed by atoms with van der Waals surface area (Å²) in [6.07, 6.45) is 5.81. The van der Waals surface area contributed by atoms with Gasteiger partial charge in [-0.2, -0.15) is 0 Å². The molecule has 1 aromatic rings. The molecule has 0 bridgehead atoms. The Balaban J connectivity index is 1.72. The highest BCUT2D eigenvalue weighted by Gasteiger charge is 2.46. The first-order valence-electron chi connectivity index (χ1n) is 7.47. The standard InChI is InChI=1S/C15H20N2O3S/c1-15(2)9(8-12(18)20-15)13(19)17-14-16-10-6-4-3-5-7-11(10)21-14/h9H,3-8H2,1-2H3,(H,16,17,19). The van der Waals surface area contributed by atoms with Gasteiger partial charge in [0.15, 0.2) is 5.13 Å². The minimum atomic E-state index is -0.741. The lowest BCUT2D eigenvalue weighted by molar-refractivity contribution is -0.147. The number of hydrogen-bond donors (Lipinski definition) is 1. The molecule has 1 amide bonds. The highest BCUT2D eigenvalue weighted by molar-refractivity contribution is 7.15. The number of nitrogens with zero attached hydrogens (tertiary/aromatic N) is 1. The molecule has 1 unspecified atom stereocenters. The normalized spacial score (nSPS) is 24.1. The predicted octanol–water partition coefficient (Wildman–Crippen LogP) is 2.69. The second kappa shape index (κ2) is 5.40. The van der Waals surface area contributed by atoms with Crippen LogP contribution < -0.4 is 5.32 Å². The third-order valence-electron chi connectivity index (χ3n) is 4.23. The molecule has 1 aliphatic carbocycles. The van der Waals surface area contributed by atoms with Gasteiger partial charge in [0.1, 0.15) is 5.60 Å². The van der Waals surface area contributed by atoms with Crippen molar-refractivity contribution in [1.82, 2.24) is 4.98 Å². The Morgan fingerprint density at radius 2 is 2.10 bits per heavy atom. The van der Waals surface area contributed by atoms with E-state index in [1.165, 1.54) is 24.1 Å². The van der Waals surface area contributed by atoms with E-state index in [1.54, 1.807) is 25.2 Å². The van der Waals surface area contributed by atoms with Crippen molar-refractivity contribution >= 4 is 28.3 Å². The molecule has 2 heterocycles. The number of amides is 1. The number of carbonyl (C=O) groups excluding carboxylic acids is 2. The molecule has 0 saturated carbocycles. The zero-order chi connectivity index (χ0) is 15.0. The van der Waals surface area contributed by atoms with E-state index in [-0.39, 0.29) is 18.3 Å². The molecule has 1 N–H and O–H groups in total. The Bertz CT molecular complexity index is 556. The van der Waals surface area contributed by atoms with Gasteiger partial charge in [0.2, 0.25) is 5.91 Å². The number of aryl methyl sites for hydroxylation is 2. The first-order valence-corrected chi connectivity index (χ1v) is 8.28. The number of aromatic nitrogens is 1. The maximum absolute atomic E-state index is 12.4. The van der Waals surface area contributed by atoms with Gasteiger partial charge in [-0.05, 0) is 39.5 Å².